The van der Waals surface area contributed by atoms with E-state index in [0.29, 0.717) is 13.1 Å². The molecule has 0 bridgehead atoms. The summed E-state index contributed by atoms with van der Waals surface area (Å²) >= 11 is 1.69. The molecule has 1 amide bonds. The van der Waals surface area contributed by atoms with Crippen LogP contribution >= 0.6 is 11.3 Å². The molecule has 7 heteroatoms. The molecular weight excluding hydrogens is 387 g/mol. The highest BCUT2D eigenvalue weighted by Crippen LogP contribution is 2.28. The zero-order chi connectivity index (χ0) is 19.8. The molecule has 0 radical (unpaired) electrons. The molecule has 5 rings (SSSR count). The molecule has 29 heavy (non-hydrogen) atoms. The summed E-state index contributed by atoms with van der Waals surface area (Å²) in [5.41, 5.74) is 2.01. The van der Waals surface area contributed by atoms with E-state index in [2.05, 4.69) is 27.6 Å². The first-order valence-electron chi connectivity index (χ1n) is 9.63. The van der Waals surface area contributed by atoms with Gasteiger partial charge in [0.25, 0.3) is 5.91 Å². The van der Waals surface area contributed by atoms with Gasteiger partial charge in [-0.1, -0.05) is 18.2 Å². The lowest BCUT2D eigenvalue weighted by Crippen LogP contribution is -2.39. The van der Waals surface area contributed by atoms with Crippen LogP contribution in [0.1, 0.15) is 34.9 Å². The van der Waals surface area contributed by atoms with Crippen LogP contribution in [0.3, 0.4) is 0 Å². The lowest BCUT2D eigenvalue weighted by atomic mass is 9.96. The largest absolute Gasteiger partial charge is 0.338 e. The predicted octanol–water partition coefficient (Wildman–Crippen LogP) is 4.62. The Morgan fingerprint density at radius 3 is 2.86 bits per heavy atom. The Kier molecular flexibility index (Phi) is 4.60. The third-order valence-electron chi connectivity index (χ3n) is 5.33. The van der Waals surface area contributed by atoms with Gasteiger partial charge in [0.15, 0.2) is 11.5 Å². The van der Waals surface area contributed by atoms with E-state index in [1.54, 1.807) is 28.4 Å². The normalized spacial score (nSPS) is 17.0. The van der Waals surface area contributed by atoms with Crippen LogP contribution in [-0.4, -0.2) is 38.5 Å². The van der Waals surface area contributed by atoms with Crippen molar-refractivity contribution >= 4 is 22.9 Å². The fourth-order valence-corrected chi connectivity index (χ4v) is 4.56. The molecule has 0 saturated carbocycles. The van der Waals surface area contributed by atoms with Gasteiger partial charge in [-0.05, 0) is 48.6 Å². The average molecular weight is 406 g/mol. The number of carbonyl (C=O) groups is 1. The summed E-state index contributed by atoms with van der Waals surface area (Å²) in [6, 6.07) is 14.3. The first-order chi connectivity index (χ1) is 14.2. The van der Waals surface area contributed by atoms with E-state index in [-0.39, 0.29) is 17.4 Å². The zero-order valence-electron chi connectivity index (χ0n) is 15.7. The average Bonchev–Trinajstić information content (AvgIpc) is 3.43. The quantitative estimate of drug-likeness (QED) is 0.499. The lowest BCUT2D eigenvalue weighted by Gasteiger charge is -2.31. The minimum Gasteiger partial charge on any atom is -0.338 e. The number of likely N-dealkylation sites (tertiary alicyclic amines) is 1. The number of aromatic nitrogens is 3. The molecule has 1 atom stereocenters. The molecule has 0 unspecified atom stereocenters. The van der Waals surface area contributed by atoms with Gasteiger partial charge in [0.05, 0.1) is 5.56 Å². The minimum absolute atomic E-state index is 0.0459. The molecule has 3 aromatic heterocycles. The molecule has 146 valence electrons. The second kappa shape index (κ2) is 7.40. The first-order valence-corrected chi connectivity index (χ1v) is 10.5. The number of thiophene rings is 1. The molecule has 1 aliphatic rings. The Balaban J connectivity index is 1.40. The number of fused-ring (bicyclic) bond motifs is 1. The van der Waals surface area contributed by atoms with Gasteiger partial charge in [-0.2, -0.15) is 5.10 Å². The maximum atomic E-state index is 14.0. The van der Waals surface area contributed by atoms with Crippen LogP contribution in [-0.2, 0) is 0 Å². The maximum absolute atomic E-state index is 14.0. The summed E-state index contributed by atoms with van der Waals surface area (Å²) in [7, 11) is 0. The molecular formula is C22H19FN4OS. The second-order valence-electron chi connectivity index (χ2n) is 7.24. The van der Waals surface area contributed by atoms with Crippen LogP contribution in [0.4, 0.5) is 4.39 Å². The number of amides is 1. The Labute approximate surface area is 171 Å². The molecule has 1 saturated heterocycles. The van der Waals surface area contributed by atoms with Gasteiger partial charge >= 0.3 is 0 Å². The number of carbonyl (C=O) groups excluding carboxylic acids is 1. The molecule has 5 nitrogen and oxygen atoms in total. The van der Waals surface area contributed by atoms with E-state index >= 15 is 0 Å². The van der Waals surface area contributed by atoms with E-state index < -0.39 is 5.82 Å². The minimum atomic E-state index is -0.480. The number of piperidine rings is 1. The van der Waals surface area contributed by atoms with Gasteiger partial charge in [0.2, 0.25) is 0 Å². The van der Waals surface area contributed by atoms with E-state index in [9.17, 15) is 9.18 Å². The SMILES string of the molecule is O=C(c1ccccc1F)N1CCC[C@H](c2nc3ccc(-c4cccs4)cn3n2)C1. The summed E-state index contributed by atoms with van der Waals surface area (Å²) in [5, 5.41) is 6.74. The standard InChI is InChI=1S/C22H19FN4OS/c23-18-7-2-1-6-17(18)22(28)26-11-3-5-16(13-26)21-24-20-10-9-15(14-27(20)25-21)19-8-4-12-29-19/h1-2,4,6-10,12,14,16H,3,5,11,13H2/t16-/m0/s1. The van der Waals surface area contributed by atoms with Crippen molar-refractivity contribution in [1.82, 2.24) is 19.5 Å². The highest BCUT2D eigenvalue weighted by molar-refractivity contribution is 7.13. The van der Waals surface area contributed by atoms with Crippen LogP contribution in [0.25, 0.3) is 16.1 Å². The Bertz CT molecular complexity index is 1170. The van der Waals surface area contributed by atoms with Crippen LogP contribution in [0, 0.1) is 5.82 Å². The van der Waals surface area contributed by atoms with Gasteiger partial charge in [0.1, 0.15) is 5.82 Å². The van der Waals surface area contributed by atoms with Gasteiger partial charge in [-0.15, -0.1) is 11.3 Å². The van der Waals surface area contributed by atoms with Crippen molar-refractivity contribution in [3.05, 3.63) is 77.3 Å². The zero-order valence-corrected chi connectivity index (χ0v) is 16.5. The molecule has 4 heterocycles. The van der Waals surface area contributed by atoms with Crippen LogP contribution in [0.2, 0.25) is 0 Å². The monoisotopic (exact) mass is 406 g/mol. The molecule has 0 aliphatic carbocycles. The highest BCUT2D eigenvalue weighted by Gasteiger charge is 2.29. The van der Waals surface area contributed by atoms with Crippen molar-refractivity contribution in [2.45, 2.75) is 18.8 Å². The molecule has 4 aromatic rings. The van der Waals surface area contributed by atoms with Gasteiger partial charge in [-0.3, -0.25) is 4.79 Å². The van der Waals surface area contributed by atoms with Crippen molar-refractivity contribution in [2.24, 2.45) is 0 Å². The Morgan fingerprint density at radius 1 is 1.14 bits per heavy atom. The van der Waals surface area contributed by atoms with Crippen molar-refractivity contribution in [1.29, 1.82) is 0 Å². The van der Waals surface area contributed by atoms with E-state index in [0.717, 1.165) is 29.9 Å². The summed E-state index contributed by atoms with van der Waals surface area (Å²) in [6.07, 6.45) is 3.75. The fraction of sp³-hybridized carbons (Fsp3) is 0.227. The van der Waals surface area contributed by atoms with Gasteiger partial charge in [-0.25, -0.2) is 13.9 Å². The van der Waals surface area contributed by atoms with Gasteiger partial charge in [0, 0.05) is 35.6 Å². The van der Waals surface area contributed by atoms with Crippen molar-refractivity contribution in [3.63, 3.8) is 0 Å². The summed E-state index contributed by atoms with van der Waals surface area (Å²) in [5.74, 6) is 0.0343. The second-order valence-corrected chi connectivity index (χ2v) is 8.19. The van der Waals surface area contributed by atoms with E-state index in [1.807, 2.05) is 22.8 Å². The number of rotatable bonds is 3. The van der Waals surface area contributed by atoms with Crippen LogP contribution < -0.4 is 0 Å². The number of pyridine rings is 1. The summed E-state index contributed by atoms with van der Waals surface area (Å²) < 4.78 is 15.8. The molecule has 0 spiro atoms. The predicted molar refractivity (Wildman–Crippen MR) is 111 cm³/mol. The smallest absolute Gasteiger partial charge is 0.256 e. The molecule has 1 aliphatic heterocycles. The molecule has 1 aromatic carbocycles. The van der Waals surface area contributed by atoms with E-state index in [4.69, 9.17) is 0 Å². The van der Waals surface area contributed by atoms with E-state index in [1.165, 1.54) is 17.0 Å². The summed E-state index contributed by atoms with van der Waals surface area (Å²) in [6.45, 7) is 1.13. The first kappa shape index (κ1) is 18.0. The fourth-order valence-electron chi connectivity index (χ4n) is 3.84. The van der Waals surface area contributed by atoms with Crippen molar-refractivity contribution < 1.29 is 9.18 Å². The molecule has 1 fully saturated rings. The number of hydrogen-bond acceptors (Lipinski definition) is 4. The van der Waals surface area contributed by atoms with Crippen LogP contribution in [0.5, 0.6) is 0 Å². The third-order valence-corrected chi connectivity index (χ3v) is 6.25. The Morgan fingerprint density at radius 2 is 2.03 bits per heavy atom. The highest BCUT2D eigenvalue weighted by atomic mass is 32.1. The Hall–Kier alpha value is -3.06. The number of benzene rings is 1. The van der Waals surface area contributed by atoms with Gasteiger partial charge < -0.3 is 4.90 Å². The third kappa shape index (κ3) is 3.42. The van der Waals surface area contributed by atoms with Crippen LogP contribution in [0.15, 0.2) is 60.1 Å². The maximum Gasteiger partial charge on any atom is 0.256 e. The number of nitrogens with zero attached hydrogens (tertiary/aromatic N) is 4. The number of hydrogen-bond donors (Lipinski definition) is 0. The topological polar surface area (TPSA) is 50.5 Å². The van der Waals surface area contributed by atoms with Crippen molar-refractivity contribution in [3.8, 4) is 10.4 Å². The summed E-state index contributed by atoms with van der Waals surface area (Å²) in [4.78, 5) is 20.4. The van der Waals surface area contributed by atoms with Crippen molar-refractivity contribution in [2.75, 3.05) is 13.1 Å². The number of halogens is 1. The lowest BCUT2D eigenvalue weighted by molar-refractivity contribution is 0.0700. The molecule has 0 N–H and O–H groups in total.